The Hall–Kier alpha value is -1.99. The van der Waals surface area contributed by atoms with Gasteiger partial charge in [0.25, 0.3) is 0 Å². The Bertz CT molecular complexity index is 569. The van der Waals surface area contributed by atoms with Crippen molar-refractivity contribution in [3.63, 3.8) is 0 Å². The van der Waals surface area contributed by atoms with Crippen molar-refractivity contribution < 1.29 is 19.5 Å². The first-order chi connectivity index (χ1) is 10.9. The number of hydrogen-bond acceptors (Lipinski definition) is 3. The number of hydrogen-bond donors (Lipinski definition) is 4. The fourth-order valence-electron chi connectivity index (χ4n) is 1.86. The third-order valence-electron chi connectivity index (χ3n) is 2.95. The van der Waals surface area contributed by atoms with Crippen molar-refractivity contribution in [1.82, 2.24) is 10.6 Å². The molecule has 1 aromatic rings. The fraction of sp³-hybridized carbons (Fsp3) is 0.357. The van der Waals surface area contributed by atoms with Crippen LogP contribution in [0.4, 0.5) is 10.5 Å². The van der Waals surface area contributed by atoms with Gasteiger partial charge in [0, 0.05) is 12.2 Å². The van der Waals surface area contributed by atoms with Crippen LogP contribution < -0.4 is 16.0 Å². The summed E-state index contributed by atoms with van der Waals surface area (Å²) in [5.41, 5.74) is 0.421. The minimum absolute atomic E-state index is 0.284. The minimum Gasteiger partial charge on any atom is -0.465 e. The third kappa shape index (κ3) is 7.21. The number of carbonyl (C=O) groups excluding carboxylic acids is 2. The lowest BCUT2D eigenvalue weighted by atomic mass is 10.1. The Balaban J connectivity index is 2.61. The van der Waals surface area contributed by atoms with Gasteiger partial charge >= 0.3 is 6.09 Å². The third-order valence-corrected chi connectivity index (χ3v) is 3.69. The van der Waals surface area contributed by atoms with Gasteiger partial charge in [-0.05, 0) is 37.5 Å². The molecule has 0 heterocycles. The van der Waals surface area contributed by atoms with Crippen LogP contribution in [0.15, 0.2) is 18.2 Å². The van der Waals surface area contributed by atoms with Crippen LogP contribution in [-0.4, -0.2) is 36.1 Å². The van der Waals surface area contributed by atoms with Gasteiger partial charge in [-0.3, -0.25) is 9.59 Å². The molecule has 0 saturated heterocycles. The molecule has 0 aliphatic rings. The molecule has 0 radical (unpaired) electrons. The maximum atomic E-state index is 12.2. The monoisotopic (exact) mass is 361 g/mol. The van der Waals surface area contributed by atoms with E-state index in [4.69, 9.17) is 28.3 Å². The van der Waals surface area contributed by atoms with Gasteiger partial charge < -0.3 is 21.1 Å². The van der Waals surface area contributed by atoms with Crippen LogP contribution >= 0.6 is 23.2 Å². The zero-order valence-electron chi connectivity index (χ0n) is 12.1. The zero-order valence-corrected chi connectivity index (χ0v) is 13.7. The van der Waals surface area contributed by atoms with E-state index in [0.29, 0.717) is 42.9 Å². The van der Waals surface area contributed by atoms with E-state index in [9.17, 15) is 14.4 Å². The van der Waals surface area contributed by atoms with Crippen molar-refractivity contribution >= 4 is 47.3 Å². The summed E-state index contributed by atoms with van der Waals surface area (Å²) in [7, 11) is 0. The molecule has 0 aliphatic heterocycles. The summed E-state index contributed by atoms with van der Waals surface area (Å²) in [6.07, 6.45) is 0.812. The molecule has 1 atom stereocenters. The highest BCUT2D eigenvalue weighted by atomic mass is 35.5. The van der Waals surface area contributed by atoms with Gasteiger partial charge in [-0.15, -0.1) is 0 Å². The second-order valence-corrected chi connectivity index (χ2v) is 5.50. The quantitative estimate of drug-likeness (QED) is 0.400. The first-order valence-corrected chi connectivity index (χ1v) is 7.62. The van der Waals surface area contributed by atoms with Crippen molar-refractivity contribution in [3.05, 3.63) is 28.2 Å². The van der Waals surface area contributed by atoms with Crippen LogP contribution in [0.3, 0.4) is 0 Å². The molecule has 0 unspecified atom stereocenters. The first-order valence-electron chi connectivity index (χ1n) is 6.86. The number of anilines is 1. The van der Waals surface area contributed by atoms with Crippen molar-refractivity contribution in [2.24, 2.45) is 0 Å². The lowest BCUT2D eigenvalue weighted by molar-refractivity contribution is -0.118. The molecule has 4 N–H and O–H groups in total. The van der Waals surface area contributed by atoms with E-state index in [2.05, 4.69) is 16.0 Å². The molecule has 1 rings (SSSR count). The molecule has 0 aromatic heterocycles. The number of rotatable bonds is 9. The van der Waals surface area contributed by atoms with E-state index in [-0.39, 0.29) is 5.02 Å². The molecule has 1 aromatic carbocycles. The van der Waals surface area contributed by atoms with Crippen molar-refractivity contribution in [1.29, 1.82) is 0 Å². The molecule has 3 amide bonds. The molecule has 126 valence electrons. The van der Waals surface area contributed by atoms with Crippen LogP contribution in [0, 0.1) is 0 Å². The molecule has 9 heteroatoms. The number of carbonyl (C=O) groups is 3. The van der Waals surface area contributed by atoms with Gasteiger partial charge in [-0.25, -0.2) is 4.79 Å². The Morgan fingerprint density at radius 3 is 2.57 bits per heavy atom. The highest BCUT2D eigenvalue weighted by Crippen LogP contribution is 2.25. The summed E-state index contributed by atoms with van der Waals surface area (Å²) in [6, 6.07) is 3.67. The number of nitrogens with one attached hydrogen (secondary N) is 3. The number of benzene rings is 1. The lowest BCUT2D eigenvalue weighted by Gasteiger charge is -2.17. The number of amides is 3. The van der Waals surface area contributed by atoms with E-state index in [1.54, 1.807) is 6.07 Å². The van der Waals surface area contributed by atoms with Gasteiger partial charge in [0.05, 0.1) is 10.0 Å². The molecular formula is C14H17Cl2N3O4. The topological polar surface area (TPSA) is 108 Å². The van der Waals surface area contributed by atoms with Gasteiger partial charge in [-0.1, -0.05) is 23.2 Å². The summed E-state index contributed by atoms with van der Waals surface area (Å²) < 4.78 is 0. The predicted octanol–water partition coefficient (Wildman–Crippen LogP) is 2.48. The van der Waals surface area contributed by atoms with Crippen molar-refractivity contribution in [3.8, 4) is 0 Å². The summed E-state index contributed by atoms with van der Waals surface area (Å²) in [5, 5.41) is 16.7. The second kappa shape index (κ2) is 9.91. The molecule has 0 fully saturated rings. The smallest absolute Gasteiger partial charge is 0.405 e. The SMILES string of the molecule is O=CNCCCC[C@H](NC(=O)O)C(=O)Nc1ccc(Cl)c(Cl)c1. The Kier molecular flexibility index (Phi) is 8.21. The zero-order chi connectivity index (χ0) is 17.2. The second-order valence-electron chi connectivity index (χ2n) is 4.69. The van der Waals surface area contributed by atoms with Crippen molar-refractivity contribution in [2.75, 3.05) is 11.9 Å². The molecule has 0 spiro atoms. The summed E-state index contributed by atoms with van der Waals surface area (Å²) in [5.74, 6) is -0.492. The van der Waals surface area contributed by atoms with E-state index in [1.807, 2.05) is 0 Å². The number of unbranched alkanes of at least 4 members (excludes halogenated alkanes) is 1. The van der Waals surface area contributed by atoms with Gasteiger partial charge in [-0.2, -0.15) is 0 Å². The number of carboxylic acid groups (broad SMARTS) is 1. The molecular weight excluding hydrogens is 345 g/mol. The van der Waals surface area contributed by atoms with Crippen LogP contribution in [-0.2, 0) is 9.59 Å². The Labute approximate surface area is 143 Å². The predicted molar refractivity (Wildman–Crippen MR) is 88.0 cm³/mol. The van der Waals surface area contributed by atoms with Crippen LogP contribution in [0.1, 0.15) is 19.3 Å². The maximum Gasteiger partial charge on any atom is 0.405 e. The molecule has 7 nitrogen and oxygen atoms in total. The lowest BCUT2D eigenvalue weighted by Crippen LogP contribution is -2.43. The normalized spacial score (nSPS) is 11.4. The molecule has 23 heavy (non-hydrogen) atoms. The van der Waals surface area contributed by atoms with E-state index in [0.717, 1.165) is 0 Å². The van der Waals surface area contributed by atoms with E-state index < -0.39 is 18.0 Å². The van der Waals surface area contributed by atoms with Crippen LogP contribution in [0.2, 0.25) is 10.0 Å². The van der Waals surface area contributed by atoms with Gasteiger partial charge in [0.2, 0.25) is 12.3 Å². The van der Waals surface area contributed by atoms with Crippen molar-refractivity contribution in [2.45, 2.75) is 25.3 Å². The number of halogens is 2. The highest BCUT2D eigenvalue weighted by molar-refractivity contribution is 6.42. The van der Waals surface area contributed by atoms with Crippen LogP contribution in [0.5, 0.6) is 0 Å². The standard InChI is InChI=1S/C14H17Cl2N3O4/c15-10-5-4-9(7-11(10)16)18-13(21)12(19-14(22)23)3-1-2-6-17-8-20/h4-5,7-8,12,19H,1-3,6H2,(H,17,20)(H,18,21)(H,22,23)/t12-/m0/s1. The average Bonchev–Trinajstić information content (AvgIpc) is 2.49. The minimum atomic E-state index is -1.29. The summed E-state index contributed by atoms with van der Waals surface area (Å²) in [6.45, 7) is 0.470. The summed E-state index contributed by atoms with van der Waals surface area (Å²) in [4.78, 5) is 33.1. The maximum absolute atomic E-state index is 12.2. The largest absolute Gasteiger partial charge is 0.465 e. The van der Waals surface area contributed by atoms with Gasteiger partial charge in [0.1, 0.15) is 6.04 Å². The van der Waals surface area contributed by atoms with E-state index >= 15 is 0 Å². The molecule has 0 bridgehead atoms. The van der Waals surface area contributed by atoms with Crippen LogP contribution in [0.25, 0.3) is 0 Å². The molecule has 0 aliphatic carbocycles. The first kappa shape index (κ1) is 19.1. The van der Waals surface area contributed by atoms with E-state index in [1.165, 1.54) is 12.1 Å². The molecule has 0 saturated carbocycles. The average molecular weight is 362 g/mol. The summed E-state index contributed by atoms with van der Waals surface area (Å²) >= 11 is 11.7. The Morgan fingerprint density at radius 2 is 1.96 bits per heavy atom. The Morgan fingerprint density at radius 1 is 1.22 bits per heavy atom. The highest BCUT2D eigenvalue weighted by Gasteiger charge is 2.20. The van der Waals surface area contributed by atoms with Gasteiger partial charge in [0.15, 0.2) is 0 Å². The fourth-order valence-corrected chi connectivity index (χ4v) is 2.15.